The maximum Gasteiger partial charge on any atom is 0.318 e. The number of ether oxygens (including phenoxy) is 4. The van der Waals surface area contributed by atoms with E-state index in [1.165, 1.54) is 28.3 Å². The van der Waals surface area contributed by atoms with Crippen LogP contribution in [-0.2, 0) is 20.7 Å². The molecule has 1 aromatic rings. The molecule has 0 bridgehead atoms. The highest BCUT2D eigenvalue weighted by Crippen LogP contribution is 2.38. The van der Waals surface area contributed by atoms with Gasteiger partial charge in [-0.05, 0) is 31.0 Å². The predicted molar refractivity (Wildman–Crippen MR) is 87.7 cm³/mol. The van der Waals surface area contributed by atoms with Crippen molar-refractivity contribution in [3.63, 3.8) is 0 Å². The molecule has 9 heteroatoms. The van der Waals surface area contributed by atoms with Crippen molar-refractivity contribution in [1.82, 2.24) is 5.32 Å². The van der Waals surface area contributed by atoms with Gasteiger partial charge in [-0.15, -0.1) is 0 Å². The topological polar surface area (TPSA) is 126 Å². The van der Waals surface area contributed by atoms with Gasteiger partial charge < -0.3 is 24.7 Å². The maximum absolute atomic E-state index is 11.8. The quantitative estimate of drug-likeness (QED) is 0.660. The number of carbonyl (C=O) groups excluding carboxylic acids is 3. The van der Waals surface area contributed by atoms with Gasteiger partial charge in [0.1, 0.15) is 0 Å². The monoisotopic (exact) mass is 354 g/mol. The number of methoxy groups -OCH3 is 3. The van der Waals surface area contributed by atoms with E-state index in [-0.39, 0.29) is 6.42 Å². The first kappa shape index (κ1) is 20.1. The molecule has 0 saturated heterocycles. The summed E-state index contributed by atoms with van der Waals surface area (Å²) in [5.74, 6) is 0.0152. The van der Waals surface area contributed by atoms with Crippen LogP contribution in [0.3, 0.4) is 0 Å². The molecule has 0 aliphatic carbocycles. The summed E-state index contributed by atoms with van der Waals surface area (Å²) >= 11 is 0. The van der Waals surface area contributed by atoms with E-state index in [9.17, 15) is 14.4 Å². The third-order valence-corrected chi connectivity index (χ3v) is 3.27. The Bertz CT molecular complexity index is 620. The van der Waals surface area contributed by atoms with Gasteiger partial charge in [-0.1, -0.05) is 0 Å². The molecule has 1 aromatic carbocycles. The molecule has 1 rings (SSSR count). The summed E-state index contributed by atoms with van der Waals surface area (Å²) in [6.07, 6.45) is -0.771. The summed E-state index contributed by atoms with van der Waals surface area (Å²) in [6, 6.07) is 2.43. The third-order valence-electron chi connectivity index (χ3n) is 3.27. The Hall–Kier alpha value is -2.97. The van der Waals surface area contributed by atoms with Crippen LogP contribution >= 0.6 is 0 Å². The molecule has 1 atom stereocenters. The summed E-state index contributed by atoms with van der Waals surface area (Å²) in [6.45, 7) is 1.34. The lowest BCUT2D eigenvalue weighted by molar-refractivity contribution is -0.154. The Morgan fingerprint density at radius 3 is 2.08 bits per heavy atom. The van der Waals surface area contributed by atoms with Crippen LogP contribution in [-0.4, -0.2) is 45.3 Å². The smallest absolute Gasteiger partial charge is 0.318 e. The highest BCUT2D eigenvalue weighted by molar-refractivity contribution is 5.96. The molecule has 0 radical (unpaired) electrons. The molecule has 0 heterocycles. The van der Waals surface area contributed by atoms with Gasteiger partial charge in [0.25, 0.3) is 5.91 Å². The minimum Gasteiger partial charge on any atom is -0.493 e. The van der Waals surface area contributed by atoms with E-state index in [1.54, 1.807) is 12.1 Å². The fraction of sp³-hybridized carbons (Fsp3) is 0.438. The molecule has 0 aliphatic rings. The van der Waals surface area contributed by atoms with Crippen LogP contribution in [0.25, 0.3) is 0 Å². The van der Waals surface area contributed by atoms with Crippen LogP contribution < -0.4 is 25.3 Å². The third kappa shape index (κ3) is 5.87. The maximum atomic E-state index is 11.8. The number of nitrogens with two attached hydrogens (primary N) is 1. The Morgan fingerprint density at radius 2 is 1.64 bits per heavy atom. The number of amides is 3. The molecule has 0 fully saturated rings. The van der Waals surface area contributed by atoms with Crippen molar-refractivity contribution in [3.05, 3.63) is 17.7 Å². The lowest BCUT2D eigenvalue weighted by Gasteiger charge is -2.14. The highest BCUT2D eigenvalue weighted by atomic mass is 16.5. The zero-order valence-electron chi connectivity index (χ0n) is 14.6. The van der Waals surface area contributed by atoms with Crippen LogP contribution in [0.5, 0.6) is 17.2 Å². The van der Waals surface area contributed by atoms with E-state index in [2.05, 4.69) is 0 Å². The van der Waals surface area contributed by atoms with Crippen molar-refractivity contribution in [2.45, 2.75) is 25.9 Å². The van der Waals surface area contributed by atoms with Gasteiger partial charge in [-0.3, -0.25) is 14.9 Å². The van der Waals surface area contributed by atoms with E-state index < -0.39 is 24.0 Å². The van der Waals surface area contributed by atoms with Crippen LogP contribution in [0.15, 0.2) is 12.1 Å². The molecular weight excluding hydrogens is 332 g/mol. The molecule has 0 aromatic heterocycles. The van der Waals surface area contributed by atoms with Crippen molar-refractivity contribution in [3.8, 4) is 17.2 Å². The largest absolute Gasteiger partial charge is 0.493 e. The predicted octanol–water partition coefficient (Wildman–Crippen LogP) is 0.772. The van der Waals surface area contributed by atoms with Gasteiger partial charge in [0.2, 0.25) is 5.75 Å². The van der Waals surface area contributed by atoms with Gasteiger partial charge in [-0.2, -0.15) is 0 Å². The summed E-state index contributed by atoms with van der Waals surface area (Å²) in [5, 5.41) is 1.84. The van der Waals surface area contributed by atoms with Crippen LogP contribution in [0.1, 0.15) is 18.9 Å². The second-order valence-corrected chi connectivity index (χ2v) is 5.02. The Morgan fingerprint density at radius 1 is 1.08 bits per heavy atom. The standard InChI is InChI=1S/C16H22N2O7/c1-9(15(20)18-16(17)21)25-13(19)6-5-10-7-11(22-2)14(24-4)12(8-10)23-3/h7-9H,5-6H2,1-4H3,(H3,17,18,20,21)/t9-/m0/s1. The minimum absolute atomic E-state index is 0.0207. The minimum atomic E-state index is -1.13. The molecule has 25 heavy (non-hydrogen) atoms. The first-order chi connectivity index (χ1) is 11.8. The van der Waals surface area contributed by atoms with Gasteiger partial charge >= 0.3 is 12.0 Å². The van der Waals surface area contributed by atoms with Crippen LogP contribution in [0.4, 0.5) is 4.79 Å². The number of hydrogen-bond acceptors (Lipinski definition) is 7. The number of benzene rings is 1. The zero-order valence-corrected chi connectivity index (χ0v) is 14.6. The molecule has 0 unspecified atom stereocenters. The van der Waals surface area contributed by atoms with E-state index in [0.717, 1.165) is 5.56 Å². The van der Waals surface area contributed by atoms with Crippen molar-refractivity contribution in [1.29, 1.82) is 0 Å². The van der Waals surface area contributed by atoms with Gasteiger partial charge in [0.05, 0.1) is 21.3 Å². The molecule has 3 amide bonds. The normalized spacial score (nSPS) is 11.2. The van der Waals surface area contributed by atoms with E-state index in [0.29, 0.717) is 23.7 Å². The number of imide groups is 1. The number of hydrogen-bond donors (Lipinski definition) is 2. The van der Waals surface area contributed by atoms with Gasteiger partial charge in [-0.25, -0.2) is 4.79 Å². The number of aryl methyl sites for hydroxylation is 1. The molecule has 9 nitrogen and oxygen atoms in total. The Labute approximate surface area is 145 Å². The van der Waals surface area contributed by atoms with E-state index in [4.69, 9.17) is 24.7 Å². The van der Waals surface area contributed by atoms with Crippen molar-refractivity contribution in [2.75, 3.05) is 21.3 Å². The second kappa shape index (κ2) is 9.36. The summed E-state index contributed by atoms with van der Waals surface area (Å²) in [5.41, 5.74) is 5.59. The molecule has 138 valence electrons. The zero-order chi connectivity index (χ0) is 19.0. The number of rotatable bonds is 8. The number of carbonyl (C=O) groups is 3. The molecular formula is C16H22N2O7. The number of nitrogens with one attached hydrogen (secondary N) is 1. The van der Waals surface area contributed by atoms with Crippen LogP contribution in [0, 0.1) is 0 Å². The number of urea groups is 1. The molecule has 0 saturated carbocycles. The average Bonchev–Trinajstić information content (AvgIpc) is 2.58. The molecule has 0 aliphatic heterocycles. The first-order valence-corrected chi connectivity index (χ1v) is 7.41. The highest BCUT2D eigenvalue weighted by Gasteiger charge is 2.19. The van der Waals surface area contributed by atoms with Crippen molar-refractivity contribution >= 4 is 17.9 Å². The second-order valence-electron chi connectivity index (χ2n) is 5.02. The first-order valence-electron chi connectivity index (χ1n) is 7.41. The van der Waals surface area contributed by atoms with Crippen LogP contribution in [0.2, 0.25) is 0 Å². The summed E-state index contributed by atoms with van der Waals surface area (Å²) < 4.78 is 20.7. The van der Waals surface area contributed by atoms with Gasteiger partial charge in [0.15, 0.2) is 17.6 Å². The van der Waals surface area contributed by atoms with E-state index >= 15 is 0 Å². The SMILES string of the molecule is COc1cc(CCC(=O)O[C@@H](C)C(=O)NC(N)=O)cc(OC)c1OC. The molecule has 3 N–H and O–H groups in total. The lowest BCUT2D eigenvalue weighted by atomic mass is 10.1. The van der Waals surface area contributed by atoms with E-state index in [1.807, 2.05) is 5.32 Å². The fourth-order valence-corrected chi connectivity index (χ4v) is 2.06. The number of esters is 1. The summed E-state index contributed by atoms with van der Waals surface area (Å²) in [7, 11) is 4.48. The summed E-state index contributed by atoms with van der Waals surface area (Å²) in [4.78, 5) is 33.9. The molecule has 0 spiro atoms. The Balaban J connectivity index is 2.70. The van der Waals surface area contributed by atoms with Gasteiger partial charge in [0, 0.05) is 6.42 Å². The number of primary amides is 1. The fourth-order valence-electron chi connectivity index (χ4n) is 2.06. The average molecular weight is 354 g/mol. The Kier molecular flexibility index (Phi) is 7.51. The van der Waals surface area contributed by atoms with Crippen molar-refractivity contribution in [2.24, 2.45) is 5.73 Å². The van der Waals surface area contributed by atoms with Crippen molar-refractivity contribution < 1.29 is 33.3 Å². The lowest BCUT2D eigenvalue weighted by Crippen LogP contribution is -2.42.